The molecule has 0 aromatic carbocycles. The number of rotatable bonds is 2. The van der Waals surface area contributed by atoms with E-state index in [9.17, 15) is 18.0 Å². The quantitative estimate of drug-likeness (QED) is 0.712. The molecule has 0 aliphatic carbocycles. The van der Waals surface area contributed by atoms with E-state index in [1.54, 1.807) is 0 Å². The molecule has 18 heavy (non-hydrogen) atoms. The molecule has 8 heteroatoms. The third kappa shape index (κ3) is 2.04. The van der Waals surface area contributed by atoms with Crippen molar-refractivity contribution in [2.75, 3.05) is 13.1 Å². The number of sulfonamides is 1. The van der Waals surface area contributed by atoms with Gasteiger partial charge in [-0.1, -0.05) is 0 Å². The van der Waals surface area contributed by atoms with Crippen molar-refractivity contribution in [3.05, 3.63) is 28.7 Å². The van der Waals surface area contributed by atoms with E-state index in [2.05, 4.69) is 10.3 Å². The number of piperazine rings is 1. The zero-order valence-corrected chi connectivity index (χ0v) is 10.5. The Morgan fingerprint density at radius 2 is 2.11 bits per heavy atom. The number of nitrogens with one attached hydrogen (secondary N) is 2. The maximum atomic E-state index is 12.3. The highest BCUT2D eigenvalue weighted by Gasteiger charge is 2.36. The van der Waals surface area contributed by atoms with Gasteiger partial charge < -0.3 is 10.3 Å². The summed E-state index contributed by atoms with van der Waals surface area (Å²) in [5.74, 6) is -0.364. The van der Waals surface area contributed by atoms with E-state index in [1.807, 2.05) is 0 Å². The van der Waals surface area contributed by atoms with Crippen LogP contribution in [0.15, 0.2) is 28.2 Å². The van der Waals surface area contributed by atoms with Crippen LogP contribution in [0.25, 0.3) is 0 Å². The fraction of sp³-hybridized carbons (Fsp3) is 0.400. The number of carbonyl (C=O) groups excluding carboxylic acids is 1. The van der Waals surface area contributed by atoms with Crippen LogP contribution in [0.1, 0.15) is 6.92 Å². The van der Waals surface area contributed by atoms with Gasteiger partial charge in [-0.3, -0.25) is 9.59 Å². The van der Waals surface area contributed by atoms with E-state index in [0.29, 0.717) is 0 Å². The Labute approximate surface area is 104 Å². The number of H-pyrrole nitrogens is 1. The lowest BCUT2D eigenvalue weighted by Gasteiger charge is -2.31. The molecule has 0 spiro atoms. The van der Waals surface area contributed by atoms with Crippen LogP contribution in [0.2, 0.25) is 0 Å². The van der Waals surface area contributed by atoms with Crippen LogP contribution < -0.4 is 10.7 Å². The number of pyridine rings is 1. The first-order valence-corrected chi connectivity index (χ1v) is 6.85. The van der Waals surface area contributed by atoms with Gasteiger partial charge in [-0.2, -0.15) is 4.31 Å². The highest BCUT2D eigenvalue weighted by Crippen LogP contribution is 2.16. The van der Waals surface area contributed by atoms with Crippen molar-refractivity contribution in [2.45, 2.75) is 17.9 Å². The smallest absolute Gasteiger partial charge is 0.249 e. The predicted molar refractivity (Wildman–Crippen MR) is 63.4 cm³/mol. The maximum absolute atomic E-state index is 12.3. The number of carbonyl (C=O) groups is 1. The lowest BCUT2D eigenvalue weighted by Crippen LogP contribution is -2.56. The molecule has 2 heterocycles. The highest BCUT2D eigenvalue weighted by atomic mass is 32.2. The number of nitrogens with zero attached hydrogens (tertiary/aromatic N) is 1. The van der Waals surface area contributed by atoms with Crippen LogP contribution >= 0.6 is 0 Å². The summed E-state index contributed by atoms with van der Waals surface area (Å²) in [6.07, 6.45) is 2.49. The molecule has 0 bridgehead atoms. The molecule has 2 N–H and O–H groups in total. The van der Waals surface area contributed by atoms with Crippen molar-refractivity contribution in [1.82, 2.24) is 14.6 Å². The standard InChI is InChI=1S/C10H13N3O4S/c1-7-10(15)12-4-5-13(7)18(16,17)9-6-11-3-2-8(9)14/h2-3,6-7H,4-5H2,1H3,(H,11,14)(H,12,15). The van der Waals surface area contributed by atoms with Crippen LogP contribution in [0, 0.1) is 0 Å². The second kappa shape index (κ2) is 4.54. The van der Waals surface area contributed by atoms with Gasteiger partial charge in [0.15, 0.2) is 0 Å². The largest absolute Gasteiger partial charge is 0.366 e. The molecule has 0 radical (unpaired) electrons. The van der Waals surface area contributed by atoms with Crippen molar-refractivity contribution < 1.29 is 13.2 Å². The zero-order chi connectivity index (χ0) is 13.3. The summed E-state index contributed by atoms with van der Waals surface area (Å²) < 4.78 is 25.6. The van der Waals surface area contributed by atoms with Crippen LogP contribution in [0.3, 0.4) is 0 Å². The van der Waals surface area contributed by atoms with Crippen LogP contribution in [0.4, 0.5) is 0 Å². The second-order valence-electron chi connectivity index (χ2n) is 3.96. The molecule has 98 valence electrons. The summed E-state index contributed by atoms with van der Waals surface area (Å²) in [7, 11) is -3.95. The highest BCUT2D eigenvalue weighted by molar-refractivity contribution is 7.89. The lowest BCUT2D eigenvalue weighted by atomic mass is 10.2. The first kappa shape index (κ1) is 12.8. The van der Waals surface area contributed by atoms with Crippen LogP contribution in [0.5, 0.6) is 0 Å². The molecule has 1 fully saturated rings. The Bertz CT molecular complexity index is 622. The third-order valence-corrected chi connectivity index (χ3v) is 4.81. The van der Waals surface area contributed by atoms with E-state index in [-0.39, 0.29) is 23.9 Å². The Balaban J connectivity index is 2.46. The molecular weight excluding hydrogens is 258 g/mol. The molecule has 1 aliphatic heterocycles. The number of hydrogen-bond acceptors (Lipinski definition) is 4. The van der Waals surface area contributed by atoms with Gasteiger partial charge >= 0.3 is 0 Å². The van der Waals surface area contributed by atoms with Crippen molar-refractivity contribution in [1.29, 1.82) is 0 Å². The molecule has 0 saturated carbocycles. The third-order valence-electron chi connectivity index (χ3n) is 2.82. The first-order chi connectivity index (χ1) is 8.44. The molecule has 1 aliphatic rings. The van der Waals surface area contributed by atoms with Crippen molar-refractivity contribution in [3.8, 4) is 0 Å². The Morgan fingerprint density at radius 1 is 1.39 bits per heavy atom. The van der Waals surface area contributed by atoms with Gasteiger partial charge in [-0.25, -0.2) is 8.42 Å². The number of amides is 1. The Morgan fingerprint density at radius 3 is 2.78 bits per heavy atom. The van der Waals surface area contributed by atoms with Gasteiger partial charge in [0.25, 0.3) is 0 Å². The molecule has 1 amide bonds. The van der Waals surface area contributed by atoms with E-state index in [1.165, 1.54) is 13.1 Å². The molecule has 1 aromatic heterocycles. The first-order valence-electron chi connectivity index (χ1n) is 5.41. The fourth-order valence-corrected chi connectivity index (χ4v) is 3.45. The minimum absolute atomic E-state index is 0.156. The van der Waals surface area contributed by atoms with Crippen LogP contribution in [-0.4, -0.2) is 42.7 Å². The summed E-state index contributed by atoms with van der Waals surface area (Å²) in [5.41, 5.74) is -0.591. The Kier molecular flexibility index (Phi) is 3.22. The van der Waals surface area contributed by atoms with Gasteiger partial charge in [0.1, 0.15) is 10.9 Å². The monoisotopic (exact) mass is 271 g/mol. The lowest BCUT2D eigenvalue weighted by molar-refractivity contribution is -0.126. The minimum Gasteiger partial charge on any atom is -0.366 e. The summed E-state index contributed by atoms with van der Waals surface area (Å²) >= 11 is 0. The van der Waals surface area contributed by atoms with Gasteiger partial charge in [0.05, 0.1) is 0 Å². The predicted octanol–water partition coefficient (Wildman–Crippen LogP) is -1.12. The Hall–Kier alpha value is -1.67. The van der Waals surface area contributed by atoms with E-state index in [4.69, 9.17) is 0 Å². The summed E-state index contributed by atoms with van der Waals surface area (Å²) in [6, 6.07) is 0.324. The van der Waals surface area contributed by atoms with E-state index < -0.39 is 21.5 Å². The average molecular weight is 271 g/mol. The number of aromatic nitrogens is 1. The second-order valence-corrected chi connectivity index (χ2v) is 5.81. The molecule has 2 rings (SSSR count). The molecular formula is C10H13N3O4S. The van der Waals surface area contributed by atoms with E-state index in [0.717, 1.165) is 16.6 Å². The summed E-state index contributed by atoms with van der Waals surface area (Å²) in [4.78, 5) is 25.3. The van der Waals surface area contributed by atoms with Gasteiger partial charge in [-0.15, -0.1) is 0 Å². The number of aromatic amines is 1. The number of hydrogen-bond donors (Lipinski definition) is 2. The normalized spacial score (nSPS) is 21.6. The molecule has 1 saturated heterocycles. The van der Waals surface area contributed by atoms with Crippen molar-refractivity contribution >= 4 is 15.9 Å². The topological polar surface area (TPSA) is 99.3 Å². The van der Waals surface area contributed by atoms with Gasteiger partial charge in [0, 0.05) is 31.5 Å². The molecule has 1 unspecified atom stereocenters. The van der Waals surface area contributed by atoms with Crippen molar-refractivity contribution in [3.63, 3.8) is 0 Å². The maximum Gasteiger partial charge on any atom is 0.249 e. The summed E-state index contributed by atoms with van der Waals surface area (Å²) in [6.45, 7) is 1.89. The van der Waals surface area contributed by atoms with Gasteiger partial charge in [-0.05, 0) is 6.92 Å². The van der Waals surface area contributed by atoms with Crippen LogP contribution in [-0.2, 0) is 14.8 Å². The van der Waals surface area contributed by atoms with Gasteiger partial charge in [0.2, 0.25) is 21.4 Å². The molecule has 1 aromatic rings. The van der Waals surface area contributed by atoms with Crippen molar-refractivity contribution in [2.24, 2.45) is 0 Å². The fourth-order valence-electron chi connectivity index (χ4n) is 1.82. The minimum atomic E-state index is -3.95. The zero-order valence-electron chi connectivity index (χ0n) is 9.71. The summed E-state index contributed by atoms with van der Waals surface area (Å²) in [5, 5.41) is 2.57. The van der Waals surface area contributed by atoms with E-state index >= 15 is 0 Å². The molecule has 1 atom stereocenters. The molecule has 7 nitrogen and oxygen atoms in total. The SMILES string of the molecule is CC1C(=O)NCCN1S(=O)(=O)c1c[nH]ccc1=O. The average Bonchev–Trinajstić information content (AvgIpc) is 2.32.